The minimum absolute atomic E-state index is 0.00116. The number of rotatable bonds is 0. The quantitative estimate of drug-likeness (QED) is 0.420. The lowest BCUT2D eigenvalue weighted by Crippen LogP contribution is -2.38. The van der Waals surface area contributed by atoms with Crippen molar-refractivity contribution in [2.75, 3.05) is 0 Å². The number of carbonyl (C=O) groups excluding carboxylic acids is 2. The van der Waals surface area contributed by atoms with Gasteiger partial charge >= 0.3 is 5.97 Å². The fourth-order valence-corrected chi connectivity index (χ4v) is 2.27. The molecule has 1 heterocycles. The summed E-state index contributed by atoms with van der Waals surface area (Å²) in [7, 11) is 0. The predicted molar refractivity (Wildman–Crippen MR) is 46.1 cm³/mol. The van der Waals surface area contributed by atoms with Crippen LogP contribution in [0.3, 0.4) is 0 Å². The summed E-state index contributed by atoms with van der Waals surface area (Å²) in [5.74, 6) is -0.212. The van der Waals surface area contributed by atoms with E-state index in [1.54, 1.807) is 0 Å². The van der Waals surface area contributed by atoms with Gasteiger partial charge < -0.3 is 4.74 Å². The van der Waals surface area contributed by atoms with E-state index in [2.05, 4.69) is 0 Å². The molecule has 0 aromatic carbocycles. The van der Waals surface area contributed by atoms with Crippen LogP contribution in [0.5, 0.6) is 0 Å². The third kappa shape index (κ3) is 1.74. The maximum absolute atomic E-state index is 11.5. The normalized spacial score (nSPS) is 34.8. The minimum Gasteiger partial charge on any atom is -0.461 e. The van der Waals surface area contributed by atoms with Crippen molar-refractivity contribution in [2.24, 2.45) is 5.92 Å². The number of Topliss-reactive ketones (excluding diaryl/α,β-unsaturated/α-hetero) is 1. The molecular weight excluding hydrogens is 168 g/mol. The van der Waals surface area contributed by atoms with Gasteiger partial charge in [-0.15, -0.1) is 0 Å². The van der Waals surface area contributed by atoms with Gasteiger partial charge in [0.05, 0.1) is 5.92 Å². The summed E-state index contributed by atoms with van der Waals surface area (Å²) in [4.78, 5) is 22.5. The monoisotopic (exact) mass is 182 g/mol. The Morgan fingerprint density at radius 2 is 1.85 bits per heavy atom. The van der Waals surface area contributed by atoms with Crippen LogP contribution in [-0.4, -0.2) is 17.9 Å². The fourth-order valence-electron chi connectivity index (χ4n) is 2.27. The zero-order valence-corrected chi connectivity index (χ0v) is 7.62. The maximum Gasteiger partial charge on any atom is 0.313 e. The second-order valence-corrected chi connectivity index (χ2v) is 3.92. The topological polar surface area (TPSA) is 43.4 Å². The van der Waals surface area contributed by atoms with Crippen LogP contribution in [-0.2, 0) is 14.3 Å². The zero-order valence-electron chi connectivity index (χ0n) is 7.62. The van der Waals surface area contributed by atoms with Crippen molar-refractivity contribution in [1.82, 2.24) is 0 Å². The second-order valence-electron chi connectivity index (χ2n) is 3.92. The van der Waals surface area contributed by atoms with Crippen LogP contribution < -0.4 is 0 Å². The van der Waals surface area contributed by atoms with Crippen molar-refractivity contribution in [1.29, 1.82) is 0 Å². The zero-order chi connectivity index (χ0) is 9.26. The van der Waals surface area contributed by atoms with Crippen LogP contribution in [0.15, 0.2) is 0 Å². The maximum atomic E-state index is 11.5. The van der Waals surface area contributed by atoms with Gasteiger partial charge in [0.15, 0.2) is 5.78 Å². The lowest BCUT2D eigenvalue weighted by atomic mass is 9.89. The fraction of sp³-hybridized carbons (Fsp3) is 0.800. The molecule has 1 aliphatic carbocycles. The molecule has 72 valence electrons. The van der Waals surface area contributed by atoms with E-state index in [1.807, 2.05) is 0 Å². The molecular formula is C10H14O3. The van der Waals surface area contributed by atoms with E-state index in [0.29, 0.717) is 0 Å². The summed E-state index contributed by atoms with van der Waals surface area (Å²) in [5, 5.41) is 0. The average molecular weight is 182 g/mol. The Labute approximate surface area is 77.4 Å². The van der Waals surface area contributed by atoms with E-state index in [9.17, 15) is 9.59 Å². The van der Waals surface area contributed by atoms with Gasteiger partial charge in [0, 0.05) is 0 Å². The first-order chi connectivity index (χ1) is 6.27. The molecule has 0 spiro atoms. The summed E-state index contributed by atoms with van der Waals surface area (Å²) >= 11 is 0. The van der Waals surface area contributed by atoms with Crippen LogP contribution in [0.1, 0.15) is 38.5 Å². The van der Waals surface area contributed by atoms with Crippen LogP contribution in [0.2, 0.25) is 0 Å². The SMILES string of the molecule is O=C1CC(=O)C2CCCCCC2O1. The highest BCUT2D eigenvalue weighted by molar-refractivity contribution is 5.99. The van der Waals surface area contributed by atoms with Crippen LogP contribution in [0.4, 0.5) is 0 Å². The molecule has 2 atom stereocenters. The molecule has 3 heteroatoms. The predicted octanol–water partition coefficient (Wildman–Crippen LogP) is 1.45. The number of ether oxygens (including phenoxy) is 1. The van der Waals surface area contributed by atoms with Gasteiger partial charge in [0.25, 0.3) is 0 Å². The van der Waals surface area contributed by atoms with Gasteiger partial charge in [-0.2, -0.15) is 0 Å². The van der Waals surface area contributed by atoms with Gasteiger partial charge in [-0.25, -0.2) is 0 Å². The summed E-state index contributed by atoms with van der Waals surface area (Å²) in [5.41, 5.74) is 0. The lowest BCUT2D eigenvalue weighted by molar-refractivity contribution is -0.163. The Morgan fingerprint density at radius 1 is 1.08 bits per heavy atom. The molecule has 2 rings (SSSR count). The third-order valence-corrected chi connectivity index (χ3v) is 2.97. The first-order valence-corrected chi connectivity index (χ1v) is 4.99. The van der Waals surface area contributed by atoms with E-state index in [4.69, 9.17) is 4.74 Å². The summed E-state index contributed by atoms with van der Waals surface area (Å²) in [6.45, 7) is 0. The molecule has 0 aromatic heterocycles. The highest BCUT2D eigenvalue weighted by atomic mass is 16.5. The molecule has 13 heavy (non-hydrogen) atoms. The number of hydrogen-bond acceptors (Lipinski definition) is 3. The lowest BCUT2D eigenvalue weighted by Gasteiger charge is -2.28. The van der Waals surface area contributed by atoms with Gasteiger partial charge in [-0.05, 0) is 19.3 Å². The molecule has 0 bridgehead atoms. The molecule has 3 nitrogen and oxygen atoms in total. The molecule has 1 saturated carbocycles. The van der Waals surface area contributed by atoms with E-state index < -0.39 is 0 Å². The van der Waals surface area contributed by atoms with Crippen molar-refractivity contribution in [2.45, 2.75) is 44.6 Å². The van der Waals surface area contributed by atoms with Crippen LogP contribution in [0.25, 0.3) is 0 Å². The molecule has 0 N–H and O–H groups in total. The largest absolute Gasteiger partial charge is 0.461 e. The number of carbonyl (C=O) groups is 2. The Kier molecular flexibility index (Phi) is 2.34. The molecule has 2 unspecified atom stereocenters. The van der Waals surface area contributed by atoms with Crippen LogP contribution >= 0.6 is 0 Å². The Balaban J connectivity index is 2.11. The standard InChI is InChI=1S/C10H14O3/c11-8-6-10(12)13-9-5-3-1-2-4-7(8)9/h7,9H,1-6H2. The molecule has 1 saturated heterocycles. The minimum atomic E-state index is -0.326. The molecule has 2 fully saturated rings. The van der Waals surface area contributed by atoms with Gasteiger partial charge in [-0.1, -0.05) is 12.8 Å². The smallest absolute Gasteiger partial charge is 0.313 e. The molecule has 2 aliphatic rings. The molecule has 0 radical (unpaired) electrons. The number of ketones is 1. The van der Waals surface area contributed by atoms with Gasteiger partial charge in [0.1, 0.15) is 12.5 Å². The molecule has 0 amide bonds. The Bertz CT molecular complexity index is 234. The van der Waals surface area contributed by atoms with E-state index in [-0.39, 0.29) is 30.2 Å². The number of fused-ring (bicyclic) bond motifs is 1. The van der Waals surface area contributed by atoms with Crippen molar-refractivity contribution in [3.63, 3.8) is 0 Å². The highest BCUT2D eigenvalue weighted by Gasteiger charge is 2.37. The summed E-state index contributed by atoms with van der Waals surface area (Å²) in [6, 6.07) is 0. The van der Waals surface area contributed by atoms with Crippen molar-refractivity contribution in [3.8, 4) is 0 Å². The number of esters is 1. The summed E-state index contributed by atoms with van der Waals surface area (Å²) < 4.78 is 5.18. The Morgan fingerprint density at radius 3 is 2.69 bits per heavy atom. The van der Waals surface area contributed by atoms with Crippen molar-refractivity contribution >= 4 is 11.8 Å². The van der Waals surface area contributed by atoms with Crippen molar-refractivity contribution in [3.05, 3.63) is 0 Å². The Hall–Kier alpha value is -0.860. The molecule has 0 aromatic rings. The first kappa shape index (κ1) is 8.73. The van der Waals surface area contributed by atoms with E-state index >= 15 is 0 Å². The van der Waals surface area contributed by atoms with E-state index in [1.165, 1.54) is 0 Å². The van der Waals surface area contributed by atoms with Crippen LogP contribution in [0, 0.1) is 5.92 Å². The van der Waals surface area contributed by atoms with Gasteiger partial charge in [0.2, 0.25) is 0 Å². The van der Waals surface area contributed by atoms with Crippen molar-refractivity contribution < 1.29 is 14.3 Å². The summed E-state index contributed by atoms with van der Waals surface area (Å²) in [6.07, 6.45) is 5.04. The van der Waals surface area contributed by atoms with Gasteiger partial charge in [-0.3, -0.25) is 9.59 Å². The van der Waals surface area contributed by atoms with E-state index in [0.717, 1.165) is 32.1 Å². The average Bonchev–Trinajstić information content (AvgIpc) is 2.28. The molecule has 1 aliphatic heterocycles. The third-order valence-electron chi connectivity index (χ3n) is 2.97. The number of hydrogen-bond donors (Lipinski definition) is 0. The second kappa shape index (κ2) is 3.48. The first-order valence-electron chi connectivity index (χ1n) is 4.99. The highest BCUT2D eigenvalue weighted by Crippen LogP contribution is 2.30.